The summed E-state index contributed by atoms with van der Waals surface area (Å²) in [6.45, 7) is 1.76. The summed E-state index contributed by atoms with van der Waals surface area (Å²) >= 11 is 0. The number of nitrogens with one attached hydrogen (secondary N) is 1. The van der Waals surface area contributed by atoms with Crippen molar-refractivity contribution in [2.45, 2.75) is 13.5 Å². The van der Waals surface area contributed by atoms with Crippen LogP contribution in [0.3, 0.4) is 0 Å². The Kier molecular flexibility index (Phi) is 4.10. The van der Waals surface area contributed by atoms with E-state index in [2.05, 4.69) is 5.32 Å². The van der Waals surface area contributed by atoms with Gasteiger partial charge in [-0.25, -0.2) is 8.78 Å². The highest BCUT2D eigenvalue weighted by Gasteiger charge is 2.14. The number of aryl methyl sites for hydroxylation is 1. The normalized spacial score (nSPS) is 10.4. The first-order valence-corrected chi connectivity index (χ1v) is 6.08. The van der Waals surface area contributed by atoms with Crippen molar-refractivity contribution < 1.29 is 13.6 Å². The molecule has 0 unspecified atom stereocenters. The Hall–Kier alpha value is -2.27. The van der Waals surface area contributed by atoms with Gasteiger partial charge >= 0.3 is 0 Å². The number of carbonyl (C=O) groups excluding carboxylic acids is 1. The Morgan fingerprint density at radius 2 is 2.00 bits per heavy atom. The van der Waals surface area contributed by atoms with Crippen LogP contribution in [0.25, 0.3) is 0 Å². The predicted molar refractivity (Wildman–Crippen MR) is 73.4 cm³/mol. The standard InChI is InChI=1S/C15H14F2N2O/c1-9-3-2-4-11(14(9)17)15(20)19-13-6-5-10(8-18)7-12(13)16/h2-7H,8,18H2,1H3,(H,19,20). The van der Waals surface area contributed by atoms with Crippen molar-refractivity contribution in [2.24, 2.45) is 5.73 Å². The average Bonchev–Trinajstić information content (AvgIpc) is 2.44. The molecule has 3 N–H and O–H groups in total. The first kappa shape index (κ1) is 14.1. The van der Waals surface area contributed by atoms with E-state index in [0.717, 1.165) is 0 Å². The van der Waals surface area contributed by atoms with Gasteiger partial charge in [-0.1, -0.05) is 18.2 Å². The van der Waals surface area contributed by atoms with Crippen LogP contribution in [0.1, 0.15) is 21.5 Å². The van der Waals surface area contributed by atoms with E-state index < -0.39 is 17.5 Å². The molecule has 104 valence electrons. The zero-order valence-corrected chi connectivity index (χ0v) is 10.9. The van der Waals surface area contributed by atoms with Crippen LogP contribution in [-0.2, 0) is 6.54 Å². The Morgan fingerprint density at radius 3 is 2.65 bits per heavy atom. The van der Waals surface area contributed by atoms with Crippen molar-refractivity contribution in [3.63, 3.8) is 0 Å². The van der Waals surface area contributed by atoms with Gasteiger partial charge in [0.1, 0.15) is 11.6 Å². The third kappa shape index (κ3) is 2.83. The molecule has 0 aromatic heterocycles. The first-order chi connectivity index (χ1) is 9.52. The number of hydrogen-bond acceptors (Lipinski definition) is 2. The fraction of sp³-hybridized carbons (Fsp3) is 0.133. The summed E-state index contributed by atoms with van der Waals surface area (Å²) in [5.41, 5.74) is 6.24. The van der Waals surface area contributed by atoms with Crippen LogP contribution >= 0.6 is 0 Å². The number of amides is 1. The van der Waals surface area contributed by atoms with Crippen LogP contribution in [0.4, 0.5) is 14.5 Å². The van der Waals surface area contributed by atoms with E-state index in [1.54, 1.807) is 25.1 Å². The number of carbonyl (C=O) groups is 1. The smallest absolute Gasteiger partial charge is 0.258 e. The number of hydrogen-bond donors (Lipinski definition) is 2. The van der Waals surface area contributed by atoms with Gasteiger partial charge in [-0.3, -0.25) is 4.79 Å². The molecule has 1 amide bonds. The second-order valence-corrected chi connectivity index (χ2v) is 4.41. The van der Waals surface area contributed by atoms with Crippen molar-refractivity contribution in [1.29, 1.82) is 0 Å². The molecule has 0 saturated heterocycles. The minimum atomic E-state index is -0.689. The Balaban J connectivity index is 2.26. The molecule has 20 heavy (non-hydrogen) atoms. The molecule has 5 heteroatoms. The van der Waals surface area contributed by atoms with E-state index in [4.69, 9.17) is 5.73 Å². The molecule has 2 aromatic carbocycles. The lowest BCUT2D eigenvalue weighted by Gasteiger charge is -2.09. The van der Waals surface area contributed by atoms with Gasteiger partial charge in [-0.05, 0) is 36.2 Å². The quantitative estimate of drug-likeness (QED) is 0.905. The Bertz CT molecular complexity index is 656. The summed E-state index contributed by atoms with van der Waals surface area (Å²) in [5.74, 6) is -1.90. The SMILES string of the molecule is Cc1cccc(C(=O)Nc2ccc(CN)cc2F)c1F. The molecular weight excluding hydrogens is 262 g/mol. The van der Waals surface area contributed by atoms with Gasteiger partial charge in [0, 0.05) is 6.54 Å². The van der Waals surface area contributed by atoms with E-state index in [0.29, 0.717) is 11.1 Å². The number of nitrogens with two attached hydrogens (primary N) is 1. The minimum absolute atomic E-state index is 0.00638. The van der Waals surface area contributed by atoms with Crippen molar-refractivity contribution in [3.8, 4) is 0 Å². The molecule has 0 aliphatic carbocycles. The molecule has 0 fully saturated rings. The summed E-state index contributed by atoms with van der Waals surface area (Å²) in [6, 6.07) is 8.73. The predicted octanol–water partition coefficient (Wildman–Crippen LogP) is 2.98. The number of benzene rings is 2. The van der Waals surface area contributed by atoms with Gasteiger partial charge in [-0.2, -0.15) is 0 Å². The fourth-order valence-corrected chi connectivity index (χ4v) is 1.80. The topological polar surface area (TPSA) is 55.1 Å². The lowest BCUT2D eigenvalue weighted by molar-refractivity contribution is 0.102. The third-order valence-electron chi connectivity index (χ3n) is 2.95. The molecule has 0 aliphatic rings. The first-order valence-electron chi connectivity index (χ1n) is 6.08. The molecule has 0 spiro atoms. The average molecular weight is 276 g/mol. The van der Waals surface area contributed by atoms with Crippen LogP contribution in [0.5, 0.6) is 0 Å². The maximum atomic E-state index is 13.8. The fourth-order valence-electron chi connectivity index (χ4n) is 1.80. The highest BCUT2D eigenvalue weighted by atomic mass is 19.1. The molecule has 0 bridgehead atoms. The molecule has 2 rings (SSSR count). The molecule has 3 nitrogen and oxygen atoms in total. The molecule has 0 aliphatic heterocycles. The van der Waals surface area contributed by atoms with E-state index in [1.807, 2.05) is 0 Å². The maximum Gasteiger partial charge on any atom is 0.258 e. The van der Waals surface area contributed by atoms with Gasteiger partial charge in [-0.15, -0.1) is 0 Å². The summed E-state index contributed by atoms with van der Waals surface area (Å²) in [5, 5.41) is 2.35. The van der Waals surface area contributed by atoms with E-state index in [1.165, 1.54) is 18.2 Å². The van der Waals surface area contributed by atoms with E-state index in [9.17, 15) is 13.6 Å². The zero-order valence-electron chi connectivity index (χ0n) is 10.9. The van der Waals surface area contributed by atoms with Crippen LogP contribution in [0.15, 0.2) is 36.4 Å². The highest BCUT2D eigenvalue weighted by Crippen LogP contribution is 2.18. The van der Waals surface area contributed by atoms with Gasteiger partial charge in [0.2, 0.25) is 0 Å². The monoisotopic (exact) mass is 276 g/mol. The highest BCUT2D eigenvalue weighted by molar-refractivity contribution is 6.04. The van der Waals surface area contributed by atoms with Crippen LogP contribution in [-0.4, -0.2) is 5.91 Å². The van der Waals surface area contributed by atoms with Crippen LogP contribution in [0.2, 0.25) is 0 Å². The van der Waals surface area contributed by atoms with Crippen molar-refractivity contribution in [2.75, 3.05) is 5.32 Å². The largest absolute Gasteiger partial charge is 0.326 e. The molecule has 0 saturated carbocycles. The minimum Gasteiger partial charge on any atom is -0.326 e. The van der Waals surface area contributed by atoms with Gasteiger partial charge in [0.25, 0.3) is 5.91 Å². The van der Waals surface area contributed by atoms with Crippen molar-refractivity contribution in [1.82, 2.24) is 0 Å². The summed E-state index contributed by atoms with van der Waals surface area (Å²) < 4.78 is 27.5. The Morgan fingerprint density at radius 1 is 1.25 bits per heavy atom. The Labute approximate surface area is 115 Å². The zero-order chi connectivity index (χ0) is 14.7. The lowest BCUT2D eigenvalue weighted by atomic mass is 10.1. The second kappa shape index (κ2) is 5.79. The second-order valence-electron chi connectivity index (χ2n) is 4.41. The van der Waals surface area contributed by atoms with Crippen molar-refractivity contribution >= 4 is 11.6 Å². The molecule has 2 aromatic rings. The number of rotatable bonds is 3. The van der Waals surface area contributed by atoms with Gasteiger partial charge in [0.05, 0.1) is 11.3 Å². The summed E-state index contributed by atoms with van der Waals surface area (Å²) in [4.78, 5) is 12.0. The molecule has 0 atom stereocenters. The number of halogens is 2. The van der Waals surface area contributed by atoms with Crippen LogP contribution < -0.4 is 11.1 Å². The van der Waals surface area contributed by atoms with Crippen LogP contribution in [0, 0.1) is 18.6 Å². The summed E-state index contributed by atoms with van der Waals surface area (Å²) in [6.07, 6.45) is 0. The van der Waals surface area contributed by atoms with E-state index >= 15 is 0 Å². The summed E-state index contributed by atoms with van der Waals surface area (Å²) in [7, 11) is 0. The van der Waals surface area contributed by atoms with E-state index in [-0.39, 0.29) is 17.8 Å². The number of anilines is 1. The molecular formula is C15H14F2N2O. The van der Waals surface area contributed by atoms with Crippen molar-refractivity contribution in [3.05, 3.63) is 64.7 Å². The third-order valence-corrected chi connectivity index (χ3v) is 2.95. The lowest BCUT2D eigenvalue weighted by Crippen LogP contribution is -2.15. The van der Waals surface area contributed by atoms with Gasteiger partial charge in [0.15, 0.2) is 0 Å². The molecule has 0 radical (unpaired) electrons. The van der Waals surface area contributed by atoms with Gasteiger partial charge < -0.3 is 11.1 Å². The maximum absolute atomic E-state index is 13.8. The molecule has 0 heterocycles.